The van der Waals surface area contributed by atoms with Gasteiger partial charge >= 0.3 is 0 Å². The number of hydrogen-bond donors (Lipinski definition) is 1. The number of halogens is 1. The minimum absolute atomic E-state index is 0.0821. The van der Waals surface area contributed by atoms with E-state index in [9.17, 15) is 14.3 Å². The van der Waals surface area contributed by atoms with Crippen LogP contribution in [0.2, 0.25) is 0 Å². The summed E-state index contributed by atoms with van der Waals surface area (Å²) in [5.74, 6) is -0.525. The van der Waals surface area contributed by atoms with Gasteiger partial charge in [0.05, 0.1) is 17.2 Å². The lowest BCUT2D eigenvalue weighted by Gasteiger charge is -2.40. The number of aliphatic hydroxyl groups excluding tert-OH is 1. The summed E-state index contributed by atoms with van der Waals surface area (Å²) >= 11 is 0. The Balaban J connectivity index is 1.84. The van der Waals surface area contributed by atoms with Gasteiger partial charge in [0.25, 0.3) is 0 Å². The van der Waals surface area contributed by atoms with Gasteiger partial charge in [0, 0.05) is 6.07 Å². The van der Waals surface area contributed by atoms with Gasteiger partial charge in [-0.05, 0) is 81.8 Å². The van der Waals surface area contributed by atoms with Crippen molar-refractivity contribution < 1.29 is 23.8 Å². The Kier molecular flexibility index (Phi) is 4.90. The quantitative estimate of drug-likeness (QED) is 0.676. The SMILES string of the molecule is CC1(C)OC(C)(C)C(O)=C(c2cc(Oc3cc(C#N)ccc3F)ccc2C2CC2)C1=O. The van der Waals surface area contributed by atoms with Crippen LogP contribution in [0.4, 0.5) is 4.39 Å². The van der Waals surface area contributed by atoms with Gasteiger partial charge in [-0.3, -0.25) is 4.79 Å². The van der Waals surface area contributed by atoms with Crippen molar-refractivity contribution in [2.45, 2.75) is 57.7 Å². The van der Waals surface area contributed by atoms with Crippen LogP contribution in [0.3, 0.4) is 0 Å². The highest BCUT2D eigenvalue weighted by Gasteiger charge is 2.48. The molecule has 1 fully saturated rings. The Hall–Kier alpha value is -3.17. The first-order valence-corrected chi connectivity index (χ1v) is 10.2. The number of nitriles is 1. The molecular weight excluding hydrogens is 397 g/mol. The van der Waals surface area contributed by atoms with Gasteiger partial charge in [-0.2, -0.15) is 5.26 Å². The molecule has 0 unspecified atom stereocenters. The average Bonchev–Trinajstić information content (AvgIpc) is 3.53. The molecule has 2 aromatic rings. The number of carbonyl (C=O) groups is 1. The van der Waals surface area contributed by atoms with Crippen molar-refractivity contribution in [3.05, 3.63) is 64.7 Å². The zero-order valence-corrected chi connectivity index (χ0v) is 18.0. The number of Topliss-reactive ketones (excluding diaryl/α,β-unsaturated/α-hetero) is 1. The lowest BCUT2D eigenvalue weighted by Crippen LogP contribution is -2.49. The summed E-state index contributed by atoms with van der Waals surface area (Å²) in [6, 6.07) is 11.1. The highest BCUT2D eigenvalue weighted by molar-refractivity contribution is 6.26. The molecule has 0 bridgehead atoms. The number of ketones is 1. The minimum Gasteiger partial charge on any atom is -0.508 e. The Labute approximate surface area is 180 Å². The molecule has 160 valence electrons. The molecule has 31 heavy (non-hydrogen) atoms. The first kappa shape index (κ1) is 21.1. The molecule has 0 aromatic heterocycles. The van der Waals surface area contributed by atoms with Crippen LogP contribution in [0.5, 0.6) is 11.5 Å². The predicted octanol–water partition coefficient (Wildman–Crippen LogP) is 5.79. The molecule has 0 amide bonds. The summed E-state index contributed by atoms with van der Waals surface area (Å²) in [5, 5.41) is 20.1. The maximum absolute atomic E-state index is 14.2. The first-order valence-electron chi connectivity index (χ1n) is 10.2. The van der Waals surface area contributed by atoms with Crippen molar-refractivity contribution in [2.24, 2.45) is 0 Å². The van der Waals surface area contributed by atoms with Crippen LogP contribution in [0.1, 0.15) is 63.1 Å². The fraction of sp³-hybridized carbons (Fsp3) is 0.360. The van der Waals surface area contributed by atoms with Gasteiger partial charge in [-0.25, -0.2) is 4.39 Å². The normalized spacial score (nSPS) is 19.8. The van der Waals surface area contributed by atoms with E-state index in [4.69, 9.17) is 14.7 Å². The van der Waals surface area contributed by atoms with Crippen LogP contribution in [-0.2, 0) is 9.53 Å². The topological polar surface area (TPSA) is 79.5 Å². The minimum atomic E-state index is -1.12. The molecule has 5 nitrogen and oxygen atoms in total. The number of carbonyl (C=O) groups excluding carboxylic acids is 1. The molecule has 1 heterocycles. The summed E-state index contributed by atoms with van der Waals surface area (Å²) in [6.45, 7) is 6.81. The van der Waals surface area contributed by atoms with Gasteiger partial charge in [0.15, 0.2) is 17.3 Å². The van der Waals surface area contributed by atoms with Gasteiger partial charge < -0.3 is 14.6 Å². The monoisotopic (exact) mass is 421 g/mol. The zero-order valence-electron chi connectivity index (χ0n) is 18.0. The average molecular weight is 421 g/mol. The molecule has 1 aliphatic heterocycles. The summed E-state index contributed by atoms with van der Waals surface area (Å²) in [5.41, 5.74) is -0.159. The first-order chi connectivity index (χ1) is 14.5. The maximum atomic E-state index is 14.2. The van der Waals surface area contributed by atoms with Gasteiger partial charge in [-0.1, -0.05) is 6.07 Å². The number of nitrogens with zero attached hydrogens (tertiary/aromatic N) is 1. The number of benzene rings is 2. The molecule has 1 saturated carbocycles. The van der Waals surface area contributed by atoms with Crippen LogP contribution in [-0.4, -0.2) is 22.1 Å². The number of rotatable bonds is 4. The fourth-order valence-corrected chi connectivity index (χ4v) is 4.04. The van der Waals surface area contributed by atoms with Crippen molar-refractivity contribution >= 4 is 11.4 Å². The van der Waals surface area contributed by atoms with E-state index in [-0.39, 0.29) is 28.4 Å². The van der Waals surface area contributed by atoms with E-state index in [1.54, 1.807) is 39.8 Å². The molecule has 2 aliphatic rings. The molecule has 0 radical (unpaired) electrons. The zero-order chi connectivity index (χ0) is 22.6. The van der Waals surface area contributed by atoms with Crippen molar-refractivity contribution in [1.29, 1.82) is 5.26 Å². The smallest absolute Gasteiger partial charge is 0.198 e. The van der Waals surface area contributed by atoms with Crippen molar-refractivity contribution in [1.82, 2.24) is 0 Å². The summed E-state index contributed by atoms with van der Waals surface area (Å²) in [7, 11) is 0. The van der Waals surface area contributed by atoms with Gasteiger partial charge in [0.2, 0.25) is 0 Å². The van der Waals surface area contributed by atoms with Crippen LogP contribution >= 0.6 is 0 Å². The molecule has 1 N–H and O–H groups in total. The predicted molar refractivity (Wildman–Crippen MR) is 113 cm³/mol. The van der Waals surface area contributed by atoms with Crippen LogP contribution < -0.4 is 4.74 Å². The number of ether oxygens (including phenoxy) is 2. The maximum Gasteiger partial charge on any atom is 0.198 e. The third-order valence-corrected chi connectivity index (χ3v) is 5.69. The van der Waals surface area contributed by atoms with Gasteiger partial charge in [0.1, 0.15) is 22.7 Å². The molecule has 1 aliphatic carbocycles. The van der Waals surface area contributed by atoms with E-state index in [0.29, 0.717) is 17.2 Å². The summed E-state index contributed by atoms with van der Waals surface area (Å²) in [4.78, 5) is 13.3. The molecule has 2 aromatic carbocycles. The second kappa shape index (κ2) is 7.21. The molecule has 4 rings (SSSR count). The summed E-state index contributed by atoms with van der Waals surface area (Å²) < 4.78 is 25.8. The largest absolute Gasteiger partial charge is 0.508 e. The Morgan fingerprint density at radius 1 is 1.13 bits per heavy atom. The van der Waals surface area contributed by atoms with E-state index >= 15 is 0 Å². The molecule has 0 saturated heterocycles. The van der Waals surface area contributed by atoms with E-state index in [1.165, 1.54) is 18.2 Å². The number of hydrogen-bond acceptors (Lipinski definition) is 5. The van der Waals surface area contributed by atoms with Crippen LogP contribution in [0.25, 0.3) is 5.57 Å². The van der Waals surface area contributed by atoms with E-state index < -0.39 is 17.0 Å². The standard InChI is InChI=1S/C25H24FNO4/c1-24(2)22(28)21(23(29)25(3,4)31-24)18-12-16(8-9-17(18)15-6-7-15)30-20-11-14(13-27)5-10-19(20)26/h5,8-12,15,28H,6-7H2,1-4H3. The highest BCUT2D eigenvalue weighted by Crippen LogP contribution is 2.48. The lowest BCUT2D eigenvalue weighted by atomic mass is 9.81. The Bertz CT molecular complexity index is 1150. The Morgan fingerprint density at radius 2 is 1.84 bits per heavy atom. The lowest BCUT2D eigenvalue weighted by molar-refractivity contribution is -0.158. The van der Waals surface area contributed by atoms with Crippen molar-refractivity contribution in [3.8, 4) is 17.6 Å². The third-order valence-electron chi connectivity index (χ3n) is 5.69. The third kappa shape index (κ3) is 3.82. The number of aliphatic hydroxyl groups is 1. The van der Waals surface area contributed by atoms with E-state index in [0.717, 1.165) is 18.4 Å². The second-order valence-electron chi connectivity index (χ2n) is 9.06. The second-order valence-corrected chi connectivity index (χ2v) is 9.06. The Morgan fingerprint density at radius 3 is 2.48 bits per heavy atom. The van der Waals surface area contributed by atoms with Crippen molar-refractivity contribution in [2.75, 3.05) is 0 Å². The molecular formula is C25H24FNO4. The van der Waals surface area contributed by atoms with Crippen molar-refractivity contribution in [3.63, 3.8) is 0 Å². The van der Waals surface area contributed by atoms with Gasteiger partial charge in [-0.15, -0.1) is 0 Å². The van der Waals surface area contributed by atoms with Crippen LogP contribution in [0, 0.1) is 17.1 Å². The van der Waals surface area contributed by atoms with E-state index in [2.05, 4.69) is 0 Å². The van der Waals surface area contributed by atoms with E-state index in [1.807, 2.05) is 12.1 Å². The van der Waals surface area contributed by atoms with Crippen LogP contribution in [0.15, 0.2) is 42.2 Å². The highest BCUT2D eigenvalue weighted by atomic mass is 19.1. The molecule has 0 atom stereocenters. The fourth-order valence-electron chi connectivity index (χ4n) is 4.04. The molecule has 6 heteroatoms. The summed E-state index contributed by atoms with van der Waals surface area (Å²) in [6.07, 6.45) is 2.00. The molecule has 0 spiro atoms.